The highest BCUT2D eigenvalue weighted by molar-refractivity contribution is 9.59. The maximum atomic E-state index is 14.0. The number of allylic oxidation sites excluding steroid dienone is 1. The van der Waals surface area contributed by atoms with E-state index in [9.17, 15) is 13.2 Å². The van der Waals surface area contributed by atoms with Gasteiger partial charge in [-0.3, -0.25) is 0 Å². The minimum atomic E-state index is -4.24. The van der Waals surface area contributed by atoms with Crippen LogP contribution in [-0.2, 0) is 6.42 Å². The summed E-state index contributed by atoms with van der Waals surface area (Å²) in [5.41, 5.74) is -2.48. The van der Waals surface area contributed by atoms with Gasteiger partial charge in [0.2, 0.25) is 0 Å². The van der Waals surface area contributed by atoms with Gasteiger partial charge < -0.3 is 0 Å². The smallest absolute Gasteiger partial charge is 0.160 e. The highest BCUT2D eigenvalue weighted by Crippen LogP contribution is 2.82. The lowest BCUT2D eigenvalue weighted by Crippen LogP contribution is -2.18. The molecule has 1 aliphatic carbocycles. The fourth-order valence-electron chi connectivity index (χ4n) is 3.56. The highest BCUT2D eigenvalue weighted by Gasteiger charge is 2.56. The van der Waals surface area contributed by atoms with Crippen LogP contribution in [0.3, 0.4) is 0 Å². The van der Waals surface area contributed by atoms with Crippen LogP contribution < -0.4 is 0 Å². The Morgan fingerprint density at radius 3 is 2.50 bits per heavy atom. The van der Waals surface area contributed by atoms with Crippen molar-refractivity contribution in [2.24, 2.45) is 5.92 Å². The van der Waals surface area contributed by atoms with Gasteiger partial charge in [0.1, 0.15) is 0 Å². The molecule has 0 N–H and O–H groups in total. The largest absolute Gasteiger partial charge is 0.442 e. The van der Waals surface area contributed by atoms with Gasteiger partial charge in [-0.25, -0.2) is 0 Å². The summed E-state index contributed by atoms with van der Waals surface area (Å²) in [5.74, 6) is 0.0815. The first-order chi connectivity index (χ1) is 10.4. The van der Waals surface area contributed by atoms with Gasteiger partial charge in [0, 0.05) is 4.90 Å². The Kier molecular flexibility index (Phi) is 4.41. The molecular weight excluding hydrogens is 373 g/mol. The van der Waals surface area contributed by atoms with Crippen molar-refractivity contribution >= 4 is 29.4 Å². The molecule has 1 aliphatic heterocycles. The quantitative estimate of drug-likeness (QED) is 0.510. The van der Waals surface area contributed by atoms with Gasteiger partial charge in [-0.1, -0.05) is 38.3 Å². The highest BCUT2D eigenvalue weighted by atomic mass is 79.9. The van der Waals surface area contributed by atoms with Crippen LogP contribution >= 0.6 is 23.3 Å². The number of benzene rings is 1. The van der Waals surface area contributed by atoms with Crippen molar-refractivity contribution in [3.63, 3.8) is 0 Å². The molecule has 1 atom stereocenters. The Bertz CT molecular complexity index is 602. The van der Waals surface area contributed by atoms with Crippen molar-refractivity contribution < 1.29 is 13.2 Å². The molecule has 122 valence electrons. The molecule has 5 heteroatoms. The van der Waals surface area contributed by atoms with E-state index in [-0.39, 0.29) is 5.92 Å². The molecular formula is C17H20BrF3S. The van der Waals surface area contributed by atoms with Crippen molar-refractivity contribution in [1.29, 1.82) is 0 Å². The molecule has 0 nitrogen and oxygen atoms in total. The fourth-order valence-corrected chi connectivity index (χ4v) is 8.00. The molecule has 3 rings (SSSR count). The van der Waals surface area contributed by atoms with Gasteiger partial charge in [-0.15, -0.1) is 0 Å². The maximum absolute atomic E-state index is 14.0. The zero-order valence-corrected chi connectivity index (χ0v) is 15.0. The van der Waals surface area contributed by atoms with E-state index in [4.69, 9.17) is 0 Å². The van der Waals surface area contributed by atoms with Crippen LogP contribution in [0.2, 0.25) is 0 Å². The minimum absolute atomic E-state index is 0.0815. The topological polar surface area (TPSA) is 0 Å². The van der Waals surface area contributed by atoms with E-state index in [0.29, 0.717) is 9.80 Å². The Balaban J connectivity index is 2.10. The fraction of sp³-hybridized carbons (Fsp3) is 0.529. The van der Waals surface area contributed by atoms with Gasteiger partial charge in [0.15, 0.2) is 0 Å². The van der Waals surface area contributed by atoms with Crippen LogP contribution in [0.5, 0.6) is 0 Å². The van der Waals surface area contributed by atoms with E-state index in [2.05, 4.69) is 14.8 Å². The summed E-state index contributed by atoms with van der Waals surface area (Å²) in [7, 11) is -3.07. The van der Waals surface area contributed by atoms with Crippen molar-refractivity contribution in [1.82, 2.24) is 0 Å². The van der Waals surface area contributed by atoms with Gasteiger partial charge in [0.25, 0.3) is 0 Å². The second kappa shape index (κ2) is 5.90. The summed E-state index contributed by atoms with van der Waals surface area (Å²) >= 11 is 3.22. The first kappa shape index (κ1) is 16.4. The number of hydrogen-bond donors (Lipinski definition) is 0. The molecule has 2 aliphatic rings. The molecule has 1 unspecified atom stereocenters. The predicted octanol–water partition coefficient (Wildman–Crippen LogP) is 7.18. The van der Waals surface area contributed by atoms with E-state index in [1.54, 1.807) is 6.07 Å². The molecule has 0 bridgehead atoms. The van der Waals surface area contributed by atoms with Gasteiger partial charge in [-0.05, 0) is 76.6 Å². The number of aryl methyl sites for hydroxylation is 1. The predicted molar refractivity (Wildman–Crippen MR) is 91.2 cm³/mol. The van der Waals surface area contributed by atoms with Crippen molar-refractivity contribution in [3.8, 4) is 0 Å². The molecule has 1 saturated carbocycles. The number of halogens is 4. The Labute approximate surface area is 138 Å². The molecule has 1 fully saturated rings. The van der Waals surface area contributed by atoms with Crippen LogP contribution in [0.1, 0.15) is 50.2 Å². The molecule has 1 heterocycles. The van der Waals surface area contributed by atoms with E-state index in [0.717, 1.165) is 49.7 Å². The van der Waals surface area contributed by atoms with E-state index in [1.807, 2.05) is 25.1 Å². The normalized spacial score (nSPS) is 28.3. The van der Waals surface area contributed by atoms with E-state index in [1.165, 1.54) is 0 Å². The SMILES string of the molecule is CCCc1ccc2c(c1)S(Br)(C(F)(F)F)C(C1CCCC1)=C2. The van der Waals surface area contributed by atoms with E-state index >= 15 is 0 Å². The van der Waals surface area contributed by atoms with Crippen LogP contribution in [-0.4, -0.2) is 5.51 Å². The number of rotatable bonds is 3. The minimum Gasteiger partial charge on any atom is -0.160 e. The van der Waals surface area contributed by atoms with E-state index < -0.39 is 14.0 Å². The lowest BCUT2D eigenvalue weighted by Gasteiger charge is -2.37. The molecule has 22 heavy (non-hydrogen) atoms. The second-order valence-corrected chi connectivity index (χ2v) is 11.5. The average Bonchev–Trinajstić information content (AvgIpc) is 3.06. The summed E-state index contributed by atoms with van der Waals surface area (Å²) in [5, 5.41) is 0. The lowest BCUT2D eigenvalue weighted by atomic mass is 10.0. The third kappa shape index (κ3) is 2.54. The molecule has 1 aromatic carbocycles. The van der Waals surface area contributed by atoms with Gasteiger partial charge in [0.05, 0.1) is 0 Å². The summed E-state index contributed by atoms with van der Waals surface area (Å²) in [6, 6.07) is 5.63. The Hall–Kier alpha value is -0.420. The molecule has 0 aromatic heterocycles. The maximum Gasteiger partial charge on any atom is 0.442 e. The monoisotopic (exact) mass is 392 g/mol. The second-order valence-electron chi connectivity index (χ2n) is 6.13. The summed E-state index contributed by atoms with van der Waals surface area (Å²) in [6.45, 7) is 2.05. The summed E-state index contributed by atoms with van der Waals surface area (Å²) in [4.78, 5) is 1.06. The standard InChI is InChI=1S/C17H20BrF3S/c1-2-5-12-8-9-14-11-16(13-6-3-4-7-13)22(18,15(14)10-12)17(19,20)21/h8-11,13H,2-7H2,1H3. The van der Waals surface area contributed by atoms with Crippen molar-refractivity contribution in [2.45, 2.75) is 55.9 Å². The summed E-state index contributed by atoms with van der Waals surface area (Å²) in [6.07, 6.45) is 7.44. The van der Waals surface area contributed by atoms with Crippen molar-refractivity contribution in [3.05, 3.63) is 34.2 Å². The molecule has 1 aromatic rings. The molecule has 0 spiro atoms. The van der Waals surface area contributed by atoms with Crippen molar-refractivity contribution in [2.75, 3.05) is 0 Å². The first-order valence-corrected chi connectivity index (χ1v) is 11.3. The number of alkyl halides is 3. The molecule has 0 saturated heterocycles. The summed E-state index contributed by atoms with van der Waals surface area (Å²) < 4.78 is 42.0. The Morgan fingerprint density at radius 2 is 1.91 bits per heavy atom. The molecule has 0 amide bonds. The average molecular weight is 393 g/mol. The number of fused-ring (bicyclic) bond motifs is 1. The first-order valence-electron chi connectivity index (χ1n) is 7.81. The molecule has 0 radical (unpaired) electrons. The van der Waals surface area contributed by atoms with Crippen LogP contribution in [0.25, 0.3) is 6.08 Å². The third-order valence-electron chi connectivity index (χ3n) is 4.62. The van der Waals surface area contributed by atoms with Crippen LogP contribution in [0.4, 0.5) is 13.2 Å². The van der Waals surface area contributed by atoms with Crippen LogP contribution in [0, 0.1) is 5.92 Å². The van der Waals surface area contributed by atoms with Crippen LogP contribution in [0.15, 0.2) is 28.0 Å². The zero-order valence-electron chi connectivity index (χ0n) is 12.5. The number of hydrogen-bond acceptors (Lipinski definition) is 0. The van der Waals surface area contributed by atoms with Gasteiger partial charge in [-0.2, -0.15) is 13.2 Å². The zero-order chi connectivity index (χ0) is 16.0. The lowest BCUT2D eigenvalue weighted by molar-refractivity contribution is -0.0357. The van der Waals surface area contributed by atoms with Gasteiger partial charge >= 0.3 is 5.51 Å². The Morgan fingerprint density at radius 1 is 1.23 bits per heavy atom. The third-order valence-corrected chi connectivity index (χ3v) is 10.6.